The van der Waals surface area contributed by atoms with Crippen molar-refractivity contribution in [2.45, 2.75) is 30.7 Å². The van der Waals surface area contributed by atoms with Crippen molar-refractivity contribution < 1.29 is 22.8 Å². The summed E-state index contributed by atoms with van der Waals surface area (Å²) in [4.78, 5) is 27.7. The molecule has 4 aromatic rings. The monoisotopic (exact) mass is 585 g/mol. The van der Waals surface area contributed by atoms with Gasteiger partial charge >= 0.3 is 6.18 Å². The summed E-state index contributed by atoms with van der Waals surface area (Å²) in [6, 6.07) is 19.2. The van der Waals surface area contributed by atoms with Crippen LogP contribution in [0, 0.1) is 0 Å². The number of hydrogen-bond donors (Lipinski definition) is 1. The van der Waals surface area contributed by atoms with Crippen molar-refractivity contribution in [3.05, 3.63) is 100 Å². The van der Waals surface area contributed by atoms with Gasteiger partial charge in [-0.1, -0.05) is 59.8 Å². The Labute approximate surface area is 237 Å². The minimum absolute atomic E-state index is 0.0817. The highest BCUT2D eigenvalue weighted by atomic mass is 35.5. The van der Waals surface area contributed by atoms with Crippen molar-refractivity contribution in [3.63, 3.8) is 0 Å². The minimum atomic E-state index is -4.68. The Morgan fingerprint density at radius 3 is 2.58 bits per heavy atom. The zero-order chi connectivity index (χ0) is 28.3. The highest BCUT2D eigenvalue weighted by Crippen LogP contribution is 2.32. The van der Waals surface area contributed by atoms with Gasteiger partial charge in [0.05, 0.1) is 29.1 Å². The van der Waals surface area contributed by atoms with Crippen molar-refractivity contribution in [1.82, 2.24) is 20.1 Å². The molecule has 12 heteroatoms. The van der Waals surface area contributed by atoms with E-state index in [-0.39, 0.29) is 24.0 Å². The molecule has 206 valence electrons. The van der Waals surface area contributed by atoms with E-state index >= 15 is 0 Å². The Morgan fingerprint density at radius 1 is 1.00 bits per heavy atom. The minimum Gasteiger partial charge on any atom is -0.345 e. The summed E-state index contributed by atoms with van der Waals surface area (Å²) in [6.07, 6.45) is -2.90. The first-order valence-electron chi connectivity index (χ1n) is 12.4. The number of carbonyl (C=O) groups is 2. The largest absolute Gasteiger partial charge is 0.417 e. The van der Waals surface area contributed by atoms with E-state index in [1.165, 1.54) is 23.9 Å². The molecular weight excluding hydrogens is 563 g/mol. The van der Waals surface area contributed by atoms with E-state index < -0.39 is 23.2 Å². The molecule has 0 atom stereocenters. The fraction of sp³-hybridized carbons (Fsp3) is 0.214. The summed E-state index contributed by atoms with van der Waals surface area (Å²) >= 11 is 7.39. The predicted octanol–water partition coefficient (Wildman–Crippen LogP) is 5.94. The lowest BCUT2D eigenvalue weighted by atomic mass is 10.0. The fourth-order valence-electron chi connectivity index (χ4n) is 4.56. The summed E-state index contributed by atoms with van der Waals surface area (Å²) in [7, 11) is 0. The number of amides is 2. The smallest absolute Gasteiger partial charge is 0.345 e. The van der Waals surface area contributed by atoms with Gasteiger partial charge in [0.1, 0.15) is 0 Å². The van der Waals surface area contributed by atoms with E-state index in [0.29, 0.717) is 22.4 Å². The first-order chi connectivity index (χ1) is 19.2. The molecule has 1 N–H and O–H groups in total. The Kier molecular flexibility index (Phi) is 8.13. The van der Waals surface area contributed by atoms with E-state index in [4.69, 9.17) is 11.6 Å². The third-order valence-electron chi connectivity index (χ3n) is 6.39. The fourth-order valence-corrected chi connectivity index (χ4v) is 5.59. The number of aryl methyl sites for hydroxylation is 1. The average molecular weight is 586 g/mol. The van der Waals surface area contributed by atoms with Crippen LogP contribution in [0.3, 0.4) is 0 Å². The molecule has 3 aromatic carbocycles. The lowest BCUT2D eigenvalue weighted by molar-refractivity contribution is -0.138. The molecule has 7 nitrogen and oxygen atoms in total. The van der Waals surface area contributed by atoms with Gasteiger partial charge in [-0.3, -0.25) is 14.2 Å². The number of halogens is 4. The third-order valence-corrected chi connectivity index (χ3v) is 7.54. The van der Waals surface area contributed by atoms with Crippen molar-refractivity contribution in [3.8, 4) is 5.69 Å². The topological polar surface area (TPSA) is 80.1 Å². The standard InChI is InChI=1S/C28H23ClF3N5O2S/c29-19-9-5-10-20(15-19)37-24(16-33-26(39)21-11-2-3-12-22(21)28(30,31)32)34-35-27(37)40-17-25(38)36-14-6-8-18-7-1-4-13-23(18)36/h1-5,7,9-13,15H,6,8,14,16-17H2,(H,33,39). The highest BCUT2D eigenvalue weighted by Gasteiger charge is 2.35. The molecule has 40 heavy (non-hydrogen) atoms. The van der Waals surface area contributed by atoms with Gasteiger partial charge in [0.2, 0.25) is 5.91 Å². The number of nitrogens with one attached hydrogen (secondary N) is 1. The van der Waals surface area contributed by atoms with Crippen molar-refractivity contribution in [2.75, 3.05) is 17.2 Å². The van der Waals surface area contributed by atoms with Gasteiger partial charge in [0.25, 0.3) is 5.91 Å². The second kappa shape index (κ2) is 11.7. The zero-order valence-electron chi connectivity index (χ0n) is 21.0. The number of alkyl halides is 3. The number of para-hydroxylation sites is 1. The Hall–Kier alpha value is -3.83. The number of benzene rings is 3. The van der Waals surface area contributed by atoms with Crippen LogP contribution >= 0.6 is 23.4 Å². The van der Waals surface area contributed by atoms with Crippen molar-refractivity contribution in [2.24, 2.45) is 0 Å². The maximum Gasteiger partial charge on any atom is 0.417 e. The third kappa shape index (κ3) is 6.00. The van der Waals surface area contributed by atoms with Gasteiger partial charge in [-0.15, -0.1) is 10.2 Å². The van der Waals surface area contributed by atoms with Crippen LogP contribution in [0.2, 0.25) is 5.02 Å². The maximum atomic E-state index is 13.4. The molecule has 0 bridgehead atoms. The Balaban J connectivity index is 1.37. The van der Waals surface area contributed by atoms with Crippen LogP contribution in [0.4, 0.5) is 18.9 Å². The van der Waals surface area contributed by atoms with Crippen molar-refractivity contribution in [1.29, 1.82) is 0 Å². The van der Waals surface area contributed by atoms with E-state index in [2.05, 4.69) is 15.5 Å². The SMILES string of the molecule is O=C(NCc1nnc(SCC(=O)N2CCCc3ccccc32)n1-c1cccc(Cl)c1)c1ccccc1C(F)(F)F. The van der Waals surface area contributed by atoms with Crippen LogP contribution in [0.15, 0.2) is 78.0 Å². The number of thioether (sulfide) groups is 1. The van der Waals surface area contributed by atoms with E-state index in [1.54, 1.807) is 33.7 Å². The molecule has 1 aliphatic heterocycles. The quantitative estimate of drug-likeness (QED) is 0.272. The van der Waals surface area contributed by atoms with Gasteiger partial charge in [-0.25, -0.2) is 0 Å². The second-order valence-electron chi connectivity index (χ2n) is 9.01. The summed E-state index contributed by atoms with van der Waals surface area (Å²) < 4.78 is 41.9. The van der Waals surface area contributed by atoms with Gasteiger partial charge in [0.15, 0.2) is 11.0 Å². The van der Waals surface area contributed by atoms with Gasteiger partial charge < -0.3 is 10.2 Å². The number of nitrogens with zero attached hydrogens (tertiary/aromatic N) is 4. The molecule has 0 aliphatic carbocycles. The first-order valence-corrected chi connectivity index (χ1v) is 13.7. The van der Waals surface area contributed by atoms with E-state index in [1.807, 2.05) is 24.3 Å². The molecule has 2 amide bonds. The first kappa shape index (κ1) is 27.7. The number of fused-ring (bicyclic) bond motifs is 1. The van der Waals surface area contributed by atoms with Crippen LogP contribution in [0.5, 0.6) is 0 Å². The number of rotatable bonds is 7. The molecule has 0 saturated heterocycles. The van der Waals surface area contributed by atoms with Crippen molar-refractivity contribution >= 4 is 40.9 Å². The number of hydrogen-bond acceptors (Lipinski definition) is 5. The van der Waals surface area contributed by atoms with Gasteiger partial charge in [-0.2, -0.15) is 13.2 Å². The van der Waals surface area contributed by atoms with E-state index in [9.17, 15) is 22.8 Å². The van der Waals surface area contributed by atoms with Gasteiger partial charge in [-0.05, 0) is 54.8 Å². The maximum absolute atomic E-state index is 13.4. The molecule has 0 unspecified atom stereocenters. The zero-order valence-corrected chi connectivity index (χ0v) is 22.6. The molecule has 1 aliphatic rings. The normalized spacial score (nSPS) is 13.2. The van der Waals surface area contributed by atoms with Crippen LogP contribution in [0.1, 0.15) is 33.7 Å². The average Bonchev–Trinajstić information content (AvgIpc) is 3.36. The Morgan fingerprint density at radius 2 is 1.77 bits per heavy atom. The number of carbonyl (C=O) groups excluding carboxylic acids is 2. The number of anilines is 1. The van der Waals surface area contributed by atoms with Crippen LogP contribution < -0.4 is 10.2 Å². The molecule has 5 rings (SSSR count). The number of aromatic nitrogens is 3. The lowest BCUT2D eigenvalue weighted by Gasteiger charge is -2.29. The highest BCUT2D eigenvalue weighted by molar-refractivity contribution is 7.99. The van der Waals surface area contributed by atoms with Crippen LogP contribution in [0.25, 0.3) is 5.69 Å². The summed E-state index contributed by atoms with van der Waals surface area (Å²) in [5.41, 5.74) is 1.08. The predicted molar refractivity (Wildman–Crippen MR) is 147 cm³/mol. The molecule has 0 spiro atoms. The van der Waals surface area contributed by atoms with E-state index in [0.717, 1.165) is 36.2 Å². The summed E-state index contributed by atoms with van der Waals surface area (Å²) in [5.74, 6) is -0.644. The van der Waals surface area contributed by atoms with Crippen LogP contribution in [-0.4, -0.2) is 38.9 Å². The second-order valence-corrected chi connectivity index (χ2v) is 10.4. The molecule has 0 radical (unpaired) electrons. The molecule has 1 aromatic heterocycles. The van der Waals surface area contributed by atoms with Crippen LogP contribution in [-0.2, 0) is 23.9 Å². The summed E-state index contributed by atoms with van der Waals surface area (Å²) in [6.45, 7) is 0.409. The Bertz CT molecular complexity index is 1560. The molecule has 0 saturated carbocycles. The van der Waals surface area contributed by atoms with Gasteiger partial charge in [0, 0.05) is 17.3 Å². The molecule has 2 heterocycles. The lowest BCUT2D eigenvalue weighted by Crippen LogP contribution is -2.36. The summed E-state index contributed by atoms with van der Waals surface area (Å²) in [5, 5.41) is 11.7. The molecule has 0 fully saturated rings. The molecular formula is C28H23ClF3N5O2S.